The Balaban J connectivity index is 1.99. The molecule has 3 rings (SSSR count). The second-order valence-corrected chi connectivity index (χ2v) is 11.3. The molecule has 3 aromatic carbocycles. The molecule has 0 aliphatic rings. The zero-order valence-electron chi connectivity index (χ0n) is 20.6. The highest BCUT2D eigenvalue weighted by molar-refractivity contribution is 7.58. The molecule has 3 atom stereocenters. The van der Waals surface area contributed by atoms with E-state index in [0.717, 1.165) is 16.7 Å². The van der Waals surface area contributed by atoms with Crippen molar-refractivity contribution in [1.29, 1.82) is 0 Å². The molecule has 0 heterocycles. The molecule has 8 heteroatoms. The van der Waals surface area contributed by atoms with E-state index in [-0.39, 0.29) is 26.0 Å². The third-order valence-electron chi connectivity index (χ3n) is 6.00. The van der Waals surface area contributed by atoms with E-state index < -0.39 is 37.3 Å². The van der Waals surface area contributed by atoms with Gasteiger partial charge in [0.15, 0.2) is 0 Å². The number of benzene rings is 3. The fourth-order valence-corrected chi connectivity index (χ4v) is 6.35. The summed E-state index contributed by atoms with van der Waals surface area (Å²) in [6.45, 7) is 3.60. The molecular formula is C29H32NO6P. The van der Waals surface area contributed by atoms with Crippen molar-refractivity contribution in [2.24, 2.45) is 5.92 Å². The first-order valence-corrected chi connectivity index (χ1v) is 13.9. The number of aliphatic carboxylic acids is 1. The predicted octanol–water partition coefficient (Wildman–Crippen LogP) is 5.94. The second-order valence-electron chi connectivity index (χ2n) is 8.82. The molecule has 0 radical (unpaired) electrons. The van der Waals surface area contributed by atoms with Crippen molar-refractivity contribution in [1.82, 2.24) is 4.90 Å². The number of carboxylic acid groups (broad SMARTS) is 1. The first-order valence-electron chi connectivity index (χ1n) is 12.0. The lowest BCUT2D eigenvalue weighted by molar-refractivity contribution is -0.140. The van der Waals surface area contributed by atoms with Gasteiger partial charge in [-0.25, -0.2) is 4.79 Å². The van der Waals surface area contributed by atoms with E-state index in [1.165, 1.54) is 11.0 Å². The molecule has 7 nitrogen and oxygen atoms in total. The zero-order valence-corrected chi connectivity index (χ0v) is 21.5. The van der Waals surface area contributed by atoms with Gasteiger partial charge in [-0.2, -0.15) is 0 Å². The number of hydrogen-bond donors (Lipinski definition) is 2. The number of nitrogens with zero attached hydrogens (tertiary/aromatic N) is 1. The van der Waals surface area contributed by atoms with Crippen LogP contribution in [0.4, 0.5) is 4.79 Å². The lowest BCUT2D eigenvalue weighted by atomic mass is 10.1. The van der Waals surface area contributed by atoms with E-state index in [9.17, 15) is 24.2 Å². The largest absolute Gasteiger partial charge is 0.481 e. The van der Waals surface area contributed by atoms with Gasteiger partial charge in [0.25, 0.3) is 0 Å². The zero-order chi connectivity index (χ0) is 26.7. The Morgan fingerprint density at radius 1 is 0.892 bits per heavy atom. The van der Waals surface area contributed by atoms with Crippen LogP contribution in [0.3, 0.4) is 0 Å². The first-order chi connectivity index (χ1) is 17.8. The molecule has 0 saturated heterocycles. The number of allylic oxidation sites excluding steroid dienone is 1. The highest BCUT2D eigenvalue weighted by Crippen LogP contribution is 2.51. The molecule has 0 spiro atoms. The van der Waals surface area contributed by atoms with Crippen LogP contribution in [0.5, 0.6) is 0 Å². The number of rotatable bonds is 13. The van der Waals surface area contributed by atoms with Crippen LogP contribution in [-0.4, -0.2) is 38.9 Å². The molecule has 0 aliphatic heterocycles. The summed E-state index contributed by atoms with van der Waals surface area (Å²) in [6.07, 6.45) is 0.264. The Morgan fingerprint density at radius 3 is 1.92 bits per heavy atom. The summed E-state index contributed by atoms with van der Waals surface area (Å²) in [5.41, 5.74) is 2.27. The van der Waals surface area contributed by atoms with Gasteiger partial charge >= 0.3 is 12.1 Å². The van der Waals surface area contributed by atoms with Gasteiger partial charge in [0, 0.05) is 19.1 Å². The smallest absolute Gasteiger partial charge is 0.411 e. The maximum Gasteiger partial charge on any atom is 0.411 e. The Labute approximate surface area is 217 Å². The van der Waals surface area contributed by atoms with Crippen LogP contribution in [0.1, 0.15) is 23.1 Å². The Hall–Kier alpha value is -3.67. The van der Waals surface area contributed by atoms with Crippen molar-refractivity contribution >= 4 is 19.4 Å². The molecule has 0 bridgehead atoms. The molecule has 3 aromatic rings. The van der Waals surface area contributed by atoms with Crippen LogP contribution in [0.25, 0.3) is 0 Å². The van der Waals surface area contributed by atoms with E-state index in [0.29, 0.717) is 0 Å². The minimum Gasteiger partial charge on any atom is -0.481 e. The van der Waals surface area contributed by atoms with E-state index in [1.54, 1.807) is 12.1 Å². The number of carboxylic acids is 1. The third-order valence-corrected chi connectivity index (χ3v) is 8.36. The Kier molecular flexibility index (Phi) is 10.2. The van der Waals surface area contributed by atoms with Gasteiger partial charge in [0.1, 0.15) is 12.4 Å². The Morgan fingerprint density at radius 2 is 1.41 bits per heavy atom. The van der Waals surface area contributed by atoms with Crippen molar-refractivity contribution in [2.45, 2.75) is 31.8 Å². The maximum absolute atomic E-state index is 13.9. The molecule has 3 unspecified atom stereocenters. The summed E-state index contributed by atoms with van der Waals surface area (Å²) in [7, 11) is -4.25. The fourth-order valence-electron chi connectivity index (χ4n) is 4.06. The summed E-state index contributed by atoms with van der Waals surface area (Å²) in [5, 5.41) is 9.65. The van der Waals surface area contributed by atoms with Gasteiger partial charge in [-0.3, -0.25) is 14.3 Å². The highest BCUT2D eigenvalue weighted by Gasteiger charge is 2.42. The van der Waals surface area contributed by atoms with Crippen LogP contribution in [0.2, 0.25) is 0 Å². The van der Waals surface area contributed by atoms with Crippen LogP contribution in [0, 0.1) is 5.92 Å². The summed E-state index contributed by atoms with van der Waals surface area (Å²) in [4.78, 5) is 37.9. The van der Waals surface area contributed by atoms with Gasteiger partial charge < -0.3 is 14.7 Å². The molecular weight excluding hydrogens is 489 g/mol. The SMILES string of the molecule is C=CCC(CP(=O)(O)C(Cc1ccccc1)N(Cc1ccccc1)C(=O)OCc1ccccc1)C(=O)O. The number of ether oxygens (including phenoxy) is 1. The van der Waals surface area contributed by atoms with Gasteiger partial charge in [0.2, 0.25) is 7.37 Å². The standard InChI is InChI=1S/C29H32NO6P/c1-2-12-26(28(31)32)22-37(34,35)27(19-23-13-6-3-7-14-23)30(20-24-15-8-4-9-16-24)29(33)36-21-25-17-10-5-11-18-25/h2-11,13-18,26-27H,1,12,19-22H2,(H,31,32)(H,34,35). The second kappa shape index (κ2) is 13.6. The van der Waals surface area contributed by atoms with Crippen LogP contribution in [0.15, 0.2) is 104 Å². The quantitative estimate of drug-likeness (QED) is 0.213. The average Bonchev–Trinajstić information content (AvgIpc) is 2.90. The molecule has 0 saturated carbocycles. The van der Waals surface area contributed by atoms with Crippen LogP contribution in [-0.2, 0) is 33.7 Å². The first kappa shape index (κ1) is 27.9. The van der Waals surface area contributed by atoms with E-state index in [4.69, 9.17) is 4.74 Å². The van der Waals surface area contributed by atoms with Crippen LogP contribution < -0.4 is 0 Å². The average molecular weight is 522 g/mol. The summed E-state index contributed by atoms with van der Waals surface area (Å²) in [5.74, 6) is -3.50. The summed E-state index contributed by atoms with van der Waals surface area (Å²) >= 11 is 0. The van der Waals surface area contributed by atoms with Gasteiger partial charge in [0.05, 0.1) is 5.92 Å². The highest BCUT2D eigenvalue weighted by atomic mass is 31.2. The molecule has 0 aromatic heterocycles. The maximum atomic E-state index is 13.9. The minimum atomic E-state index is -4.25. The number of carbonyl (C=O) groups is 2. The lowest BCUT2D eigenvalue weighted by Crippen LogP contribution is -2.42. The van der Waals surface area contributed by atoms with Crippen molar-refractivity contribution < 1.29 is 28.9 Å². The van der Waals surface area contributed by atoms with Gasteiger partial charge in [-0.05, 0) is 23.1 Å². The Bertz CT molecular complexity index is 1200. The van der Waals surface area contributed by atoms with Gasteiger partial charge in [-0.15, -0.1) is 6.58 Å². The fraction of sp³-hybridized carbons (Fsp3) is 0.241. The van der Waals surface area contributed by atoms with Crippen molar-refractivity contribution in [3.63, 3.8) is 0 Å². The lowest BCUT2D eigenvalue weighted by Gasteiger charge is -2.35. The summed E-state index contributed by atoms with van der Waals surface area (Å²) in [6, 6.07) is 27.3. The van der Waals surface area contributed by atoms with E-state index in [1.807, 2.05) is 78.9 Å². The number of carbonyl (C=O) groups excluding carboxylic acids is 1. The molecule has 2 N–H and O–H groups in total. The third kappa shape index (κ3) is 8.45. The minimum absolute atomic E-state index is 0.00698. The normalized spacial score (nSPS) is 14.1. The predicted molar refractivity (Wildman–Crippen MR) is 143 cm³/mol. The number of amides is 1. The van der Waals surface area contributed by atoms with Crippen molar-refractivity contribution in [3.05, 3.63) is 120 Å². The molecule has 37 heavy (non-hydrogen) atoms. The van der Waals surface area contributed by atoms with Crippen molar-refractivity contribution in [3.8, 4) is 0 Å². The van der Waals surface area contributed by atoms with Crippen molar-refractivity contribution in [2.75, 3.05) is 6.16 Å². The van der Waals surface area contributed by atoms with Gasteiger partial charge in [-0.1, -0.05) is 97.1 Å². The van der Waals surface area contributed by atoms with Crippen LogP contribution >= 0.6 is 7.37 Å². The topological polar surface area (TPSA) is 104 Å². The molecule has 194 valence electrons. The molecule has 0 fully saturated rings. The molecule has 0 aliphatic carbocycles. The van der Waals surface area contributed by atoms with E-state index in [2.05, 4.69) is 6.58 Å². The monoisotopic (exact) mass is 521 g/mol. The summed E-state index contributed by atoms with van der Waals surface area (Å²) < 4.78 is 19.5. The molecule has 1 amide bonds. The van der Waals surface area contributed by atoms with E-state index >= 15 is 0 Å². The number of hydrogen-bond acceptors (Lipinski definition) is 4.